The zero-order valence-corrected chi connectivity index (χ0v) is 17.1. The maximum atomic E-state index is 12.4. The van der Waals surface area contributed by atoms with Crippen molar-refractivity contribution in [2.24, 2.45) is 5.18 Å². The lowest BCUT2D eigenvalue weighted by Crippen LogP contribution is -2.14. The number of aryl methyl sites for hydroxylation is 1. The normalized spacial score (nSPS) is 10.3. The third-order valence-corrected chi connectivity index (χ3v) is 4.46. The lowest BCUT2D eigenvalue weighted by Gasteiger charge is -2.10. The molecule has 3 rings (SSSR count). The molecule has 0 spiro atoms. The highest BCUT2D eigenvalue weighted by atomic mass is 16.3. The number of carbonyl (C=O) groups is 1. The first-order chi connectivity index (χ1) is 14.5. The second kappa shape index (κ2) is 10.2. The molecular formula is C24H24N4O2. The van der Waals surface area contributed by atoms with Gasteiger partial charge in [-0.3, -0.25) is 4.79 Å². The smallest absolute Gasteiger partial charge is 0.225 e. The minimum Gasteiger partial charge on any atom is -0.309 e. The van der Waals surface area contributed by atoms with Crippen LogP contribution in [0, 0.1) is 4.91 Å². The van der Waals surface area contributed by atoms with Crippen LogP contribution in [-0.4, -0.2) is 15.9 Å². The van der Waals surface area contributed by atoms with E-state index in [2.05, 4.69) is 32.6 Å². The summed E-state index contributed by atoms with van der Waals surface area (Å²) in [6.07, 6.45) is 5.53. The molecule has 1 N–H and O–H groups in total. The Hall–Kier alpha value is -3.67. The van der Waals surface area contributed by atoms with Gasteiger partial charge < -0.3 is 5.32 Å². The van der Waals surface area contributed by atoms with E-state index in [1.165, 1.54) is 5.56 Å². The molecule has 0 aliphatic rings. The number of hydrogen-bond acceptors (Lipinski definition) is 5. The van der Waals surface area contributed by atoms with E-state index < -0.39 is 0 Å². The van der Waals surface area contributed by atoms with Crippen molar-refractivity contribution in [3.63, 3.8) is 0 Å². The molecule has 0 atom stereocenters. The summed E-state index contributed by atoms with van der Waals surface area (Å²) in [4.78, 5) is 32.1. The van der Waals surface area contributed by atoms with Crippen LogP contribution in [0.1, 0.15) is 37.9 Å². The van der Waals surface area contributed by atoms with Crippen LogP contribution in [-0.2, 0) is 11.2 Å². The maximum absolute atomic E-state index is 12.4. The summed E-state index contributed by atoms with van der Waals surface area (Å²) >= 11 is 0. The standard InChI is InChI=1S/C24H24N4O2/c1-17(2)15-21-24(27-23(29)10-6-9-18-7-4-3-5-8-18)25-16-22(26-21)19-11-13-20(28-30)14-12-19/h3-5,7-8,11-16H,6,9-10H2,1-2H3,(H,25,27,29). The van der Waals surface area contributed by atoms with Crippen molar-refractivity contribution in [2.75, 3.05) is 5.32 Å². The number of amides is 1. The van der Waals surface area contributed by atoms with Crippen molar-refractivity contribution in [3.8, 4) is 11.3 Å². The van der Waals surface area contributed by atoms with Gasteiger partial charge in [0.05, 0.1) is 11.9 Å². The van der Waals surface area contributed by atoms with Gasteiger partial charge in [0, 0.05) is 12.0 Å². The molecule has 6 nitrogen and oxygen atoms in total. The van der Waals surface area contributed by atoms with Crippen LogP contribution in [0.4, 0.5) is 11.5 Å². The van der Waals surface area contributed by atoms with Crippen molar-refractivity contribution in [3.05, 3.63) is 82.5 Å². The van der Waals surface area contributed by atoms with E-state index in [0.717, 1.165) is 24.0 Å². The van der Waals surface area contributed by atoms with Crippen molar-refractivity contribution in [1.82, 2.24) is 9.97 Å². The van der Waals surface area contributed by atoms with Crippen molar-refractivity contribution >= 4 is 23.5 Å². The number of carbonyl (C=O) groups excluding carboxylic acids is 1. The third-order valence-electron chi connectivity index (χ3n) is 4.46. The van der Waals surface area contributed by atoms with Crippen LogP contribution in [0.2, 0.25) is 0 Å². The van der Waals surface area contributed by atoms with Crippen LogP contribution in [0.15, 0.2) is 71.5 Å². The molecule has 3 aromatic rings. The molecule has 1 aromatic heterocycles. The number of rotatable bonds is 8. The average molecular weight is 400 g/mol. The Labute approximate surface area is 176 Å². The van der Waals surface area contributed by atoms with Crippen LogP contribution >= 0.6 is 0 Å². The Morgan fingerprint density at radius 3 is 2.47 bits per heavy atom. The molecule has 30 heavy (non-hydrogen) atoms. The van der Waals surface area contributed by atoms with Gasteiger partial charge in [0.15, 0.2) is 5.82 Å². The number of aromatic nitrogens is 2. The van der Waals surface area contributed by atoms with E-state index in [0.29, 0.717) is 29.3 Å². The molecule has 0 bridgehead atoms. The minimum absolute atomic E-state index is 0.0854. The fourth-order valence-electron chi connectivity index (χ4n) is 3.00. The van der Waals surface area contributed by atoms with Gasteiger partial charge in [-0.15, -0.1) is 4.91 Å². The van der Waals surface area contributed by atoms with E-state index in [4.69, 9.17) is 0 Å². The molecule has 0 saturated heterocycles. The van der Waals surface area contributed by atoms with Crippen LogP contribution < -0.4 is 5.32 Å². The van der Waals surface area contributed by atoms with Crippen LogP contribution in [0.5, 0.6) is 0 Å². The van der Waals surface area contributed by atoms with E-state index in [9.17, 15) is 9.70 Å². The number of nitrogens with one attached hydrogen (secondary N) is 1. The molecule has 152 valence electrons. The summed E-state index contributed by atoms with van der Waals surface area (Å²) in [5.41, 5.74) is 4.69. The quantitative estimate of drug-likeness (QED) is 0.475. The summed E-state index contributed by atoms with van der Waals surface area (Å²) in [5, 5.41) is 5.80. The molecule has 0 fully saturated rings. The fourth-order valence-corrected chi connectivity index (χ4v) is 3.00. The van der Waals surface area contributed by atoms with Crippen molar-refractivity contribution < 1.29 is 4.79 Å². The Balaban J connectivity index is 1.72. The van der Waals surface area contributed by atoms with E-state index in [1.807, 2.05) is 38.1 Å². The number of nitroso groups, excluding NO2 is 1. The number of allylic oxidation sites excluding steroid dienone is 1. The maximum Gasteiger partial charge on any atom is 0.225 e. The lowest BCUT2D eigenvalue weighted by molar-refractivity contribution is -0.116. The molecule has 0 saturated carbocycles. The zero-order valence-electron chi connectivity index (χ0n) is 17.1. The molecular weight excluding hydrogens is 376 g/mol. The number of anilines is 1. The first-order valence-corrected chi connectivity index (χ1v) is 9.84. The Kier molecular flexibility index (Phi) is 7.16. The molecule has 2 aromatic carbocycles. The highest BCUT2D eigenvalue weighted by Gasteiger charge is 2.11. The van der Waals surface area contributed by atoms with Gasteiger partial charge in [0.2, 0.25) is 5.91 Å². The van der Waals surface area contributed by atoms with E-state index >= 15 is 0 Å². The SMILES string of the molecule is CC(C)=Cc1nc(-c2ccc(N=O)cc2)cnc1NC(=O)CCCc1ccccc1. The summed E-state index contributed by atoms with van der Waals surface area (Å²) in [6.45, 7) is 3.93. The molecule has 0 aliphatic carbocycles. The summed E-state index contributed by atoms with van der Waals surface area (Å²) < 4.78 is 0. The first kappa shape index (κ1) is 21.0. The lowest BCUT2D eigenvalue weighted by atomic mass is 10.1. The van der Waals surface area contributed by atoms with Crippen LogP contribution in [0.25, 0.3) is 17.3 Å². The number of nitrogens with zero attached hydrogens (tertiary/aromatic N) is 3. The highest BCUT2D eigenvalue weighted by Crippen LogP contribution is 2.24. The largest absolute Gasteiger partial charge is 0.309 e. The number of hydrogen-bond donors (Lipinski definition) is 1. The fraction of sp³-hybridized carbons (Fsp3) is 0.208. The predicted molar refractivity (Wildman–Crippen MR) is 120 cm³/mol. The van der Waals surface area contributed by atoms with Gasteiger partial charge >= 0.3 is 0 Å². The molecule has 0 radical (unpaired) electrons. The molecule has 0 unspecified atom stereocenters. The van der Waals surface area contributed by atoms with Gasteiger partial charge in [-0.2, -0.15) is 0 Å². The third kappa shape index (κ3) is 5.91. The van der Waals surface area contributed by atoms with Crippen LogP contribution in [0.3, 0.4) is 0 Å². The monoisotopic (exact) mass is 400 g/mol. The Morgan fingerprint density at radius 2 is 1.80 bits per heavy atom. The van der Waals surface area contributed by atoms with Gasteiger partial charge in [0.25, 0.3) is 0 Å². The zero-order chi connectivity index (χ0) is 21.3. The second-order valence-corrected chi connectivity index (χ2v) is 7.24. The van der Waals surface area contributed by atoms with Gasteiger partial charge in [-0.05, 0) is 55.6 Å². The average Bonchev–Trinajstić information content (AvgIpc) is 2.75. The highest BCUT2D eigenvalue weighted by molar-refractivity contribution is 5.91. The minimum atomic E-state index is -0.0854. The molecule has 6 heteroatoms. The predicted octanol–water partition coefficient (Wildman–Crippen LogP) is 5.93. The molecule has 1 amide bonds. The second-order valence-electron chi connectivity index (χ2n) is 7.24. The van der Waals surface area contributed by atoms with Gasteiger partial charge in [0.1, 0.15) is 11.4 Å². The molecule has 1 heterocycles. The summed E-state index contributed by atoms with van der Waals surface area (Å²) in [7, 11) is 0. The van der Waals surface area contributed by atoms with Gasteiger partial charge in [-0.1, -0.05) is 48.0 Å². The topological polar surface area (TPSA) is 84.3 Å². The van der Waals surface area contributed by atoms with Crippen molar-refractivity contribution in [1.29, 1.82) is 0 Å². The summed E-state index contributed by atoms with van der Waals surface area (Å²) in [6, 6.07) is 16.9. The Morgan fingerprint density at radius 1 is 1.07 bits per heavy atom. The first-order valence-electron chi connectivity index (χ1n) is 9.84. The van der Waals surface area contributed by atoms with E-state index in [1.54, 1.807) is 30.5 Å². The molecule has 0 aliphatic heterocycles. The Bertz CT molecular complexity index is 1040. The van der Waals surface area contributed by atoms with E-state index in [-0.39, 0.29) is 5.91 Å². The number of benzene rings is 2. The van der Waals surface area contributed by atoms with Crippen molar-refractivity contribution in [2.45, 2.75) is 33.1 Å². The summed E-state index contributed by atoms with van der Waals surface area (Å²) in [5.74, 6) is 0.355. The van der Waals surface area contributed by atoms with Gasteiger partial charge in [-0.25, -0.2) is 9.97 Å².